The Hall–Kier alpha value is -3.12. The predicted molar refractivity (Wildman–Crippen MR) is 187 cm³/mol. The Bertz CT molecular complexity index is 1840. The Labute approximate surface area is 260 Å². The van der Waals surface area contributed by atoms with Crippen molar-refractivity contribution in [1.29, 1.82) is 0 Å². The molecule has 0 aromatic heterocycles. The van der Waals surface area contributed by atoms with Crippen LogP contribution < -0.4 is 0 Å². The molecule has 222 valence electrons. The quantitative estimate of drug-likeness (QED) is 0.218. The van der Waals surface area contributed by atoms with Gasteiger partial charge in [-0.2, -0.15) is 0 Å². The molecule has 1 spiro atoms. The molecule has 0 saturated carbocycles. The summed E-state index contributed by atoms with van der Waals surface area (Å²) in [6.07, 6.45) is 11.3. The van der Waals surface area contributed by atoms with Gasteiger partial charge in [-0.3, -0.25) is 0 Å². The summed E-state index contributed by atoms with van der Waals surface area (Å²) in [6.45, 7) is 21.7. The van der Waals surface area contributed by atoms with Crippen LogP contribution in [0.5, 0.6) is 0 Å². The first-order valence-electron chi connectivity index (χ1n) is 17.1. The molecule has 0 amide bonds. The zero-order valence-corrected chi connectivity index (χ0v) is 28.0. The van der Waals surface area contributed by atoms with E-state index in [0.717, 1.165) is 6.42 Å². The summed E-state index contributed by atoms with van der Waals surface area (Å²) in [5, 5.41) is 5.81. The van der Waals surface area contributed by atoms with Crippen molar-refractivity contribution in [2.45, 2.75) is 111 Å². The van der Waals surface area contributed by atoms with Gasteiger partial charge in [0.15, 0.2) is 0 Å². The van der Waals surface area contributed by atoms with Gasteiger partial charge in [-0.1, -0.05) is 129 Å². The fraction of sp³-hybridized carbons (Fsp3) is 0.442. The summed E-state index contributed by atoms with van der Waals surface area (Å²) in [5.74, 6) is 1.21. The van der Waals surface area contributed by atoms with Crippen LogP contribution in [-0.4, -0.2) is 0 Å². The van der Waals surface area contributed by atoms with Crippen LogP contribution in [0.1, 0.15) is 122 Å². The highest BCUT2D eigenvalue weighted by Crippen LogP contribution is 2.64. The minimum Gasteiger partial charge on any atom is -0.0657 e. The van der Waals surface area contributed by atoms with Crippen LogP contribution in [0.25, 0.3) is 32.7 Å². The van der Waals surface area contributed by atoms with Crippen LogP contribution >= 0.6 is 0 Å². The topological polar surface area (TPSA) is 0 Å². The second-order valence-electron chi connectivity index (χ2n) is 15.4. The average Bonchev–Trinajstić information content (AvgIpc) is 3.25. The average molecular weight is 567 g/mol. The highest BCUT2D eigenvalue weighted by atomic mass is 14.5. The number of benzene rings is 4. The standard InChI is InChI=1S/C43H50/c1-10-26(11-2)29-22-30(27(12-3)13-4)25-43(24-29)35-21-20-28-16-14-19-34-37(28)38(35)39-36(42(34,8)9)23-32-31(40(39)43)17-15-18-33(32)41(5,6)7/h14-24,26-27H,10-13,25H2,1-9H3. The molecule has 4 aromatic carbocycles. The van der Waals surface area contributed by atoms with Crippen molar-refractivity contribution >= 4 is 21.5 Å². The van der Waals surface area contributed by atoms with Crippen LogP contribution in [0.15, 0.2) is 77.9 Å². The molecule has 3 aliphatic rings. The largest absolute Gasteiger partial charge is 0.0657 e. The first-order chi connectivity index (χ1) is 20.5. The van der Waals surface area contributed by atoms with Gasteiger partial charge in [0.25, 0.3) is 0 Å². The molecule has 1 unspecified atom stereocenters. The van der Waals surface area contributed by atoms with Crippen LogP contribution in [0.2, 0.25) is 0 Å². The lowest BCUT2D eigenvalue weighted by Crippen LogP contribution is -2.30. The highest BCUT2D eigenvalue weighted by Gasteiger charge is 2.51. The van der Waals surface area contributed by atoms with E-state index in [9.17, 15) is 0 Å². The minimum absolute atomic E-state index is 0.0622. The van der Waals surface area contributed by atoms with Gasteiger partial charge in [0, 0.05) is 10.8 Å². The molecule has 4 aromatic rings. The van der Waals surface area contributed by atoms with Crippen molar-refractivity contribution in [3.8, 4) is 11.1 Å². The molecule has 3 aliphatic carbocycles. The Morgan fingerprint density at radius 3 is 2.09 bits per heavy atom. The number of hydrogen-bond donors (Lipinski definition) is 0. The molecule has 0 heterocycles. The molecule has 43 heavy (non-hydrogen) atoms. The zero-order chi connectivity index (χ0) is 30.5. The number of allylic oxidation sites excluding steroid dienone is 4. The van der Waals surface area contributed by atoms with E-state index in [-0.39, 0.29) is 16.2 Å². The van der Waals surface area contributed by atoms with E-state index in [4.69, 9.17) is 0 Å². The summed E-state index contributed by atoms with van der Waals surface area (Å²) in [5.41, 5.74) is 13.8. The number of fused-ring (bicyclic) bond motifs is 4. The second-order valence-corrected chi connectivity index (χ2v) is 15.4. The SMILES string of the molecule is CCC(CC)C1=CC2(CC(C(CC)CC)=C1)c1ccc3cccc4c3c1-c1c(cc3c(C(C)(C)C)cccc3c12)C4(C)C. The van der Waals surface area contributed by atoms with Gasteiger partial charge >= 0.3 is 0 Å². The van der Waals surface area contributed by atoms with Crippen molar-refractivity contribution in [1.82, 2.24) is 0 Å². The predicted octanol–water partition coefficient (Wildman–Crippen LogP) is 12.3. The zero-order valence-electron chi connectivity index (χ0n) is 28.0. The van der Waals surface area contributed by atoms with E-state index in [0.29, 0.717) is 11.8 Å². The van der Waals surface area contributed by atoms with E-state index < -0.39 is 0 Å². The van der Waals surface area contributed by atoms with Crippen molar-refractivity contribution in [3.05, 3.63) is 106 Å². The normalized spacial score (nSPS) is 20.1. The van der Waals surface area contributed by atoms with Crippen LogP contribution in [0, 0.1) is 11.8 Å². The van der Waals surface area contributed by atoms with Gasteiger partial charge in [-0.15, -0.1) is 0 Å². The van der Waals surface area contributed by atoms with Crippen molar-refractivity contribution in [3.63, 3.8) is 0 Å². The molecule has 7 rings (SSSR count). The molecule has 0 radical (unpaired) electrons. The summed E-state index contributed by atoms with van der Waals surface area (Å²) in [7, 11) is 0. The maximum absolute atomic E-state index is 2.78. The van der Waals surface area contributed by atoms with E-state index >= 15 is 0 Å². The van der Waals surface area contributed by atoms with Crippen molar-refractivity contribution < 1.29 is 0 Å². The van der Waals surface area contributed by atoms with Gasteiger partial charge in [0.2, 0.25) is 0 Å². The fourth-order valence-electron chi connectivity index (χ4n) is 9.47. The third kappa shape index (κ3) is 3.81. The third-order valence-corrected chi connectivity index (χ3v) is 11.8. The van der Waals surface area contributed by atoms with Crippen molar-refractivity contribution in [2.24, 2.45) is 11.8 Å². The Balaban J connectivity index is 1.71. The first kappa shape index (κ1) is 28.6. The van der Waals surface area contributed by atoms with E-state index in [1.54, 1.807) is 27.8 Å². The fourth-order valence-corrected chi connectivity index (χ4v) is 9.47. The van der Waals surface area contributed by atoms with Crippen LogP contribution in [0.3, 0.4) is 0 Å². The first-order valence-corrected chi connectivity index (χ1v) is 17.1. The van der Waals surface area contributed by atoms with Gasteiger partial charge in [-0.05, 0) is 121 Å². The smallest absolute Gasteiger partial charge is 0.0443 e. The molecule has 0 saturated heterocycles. The lowest BCUT2D eigenvalue weighted by Gasteiger charge is -2.39. The van der Waals surface area contributed by atoms with Crippen LogP contribution in [-0.2, 0) is 16.2 Å². The lowest BCUT2D eigenvalue weighted by atomic mass is 9.64. The number of hydrogen-bond acceptors (Lipinski definition) is 0. The molecule has 1 atom stereocenters. The van der Waals surface area contributed by atoms with E-state index in [1.165, 1.54) is 69.5 Å². The monoisotopic (exact) mass is 566 g/mol. The Morgan fingerprint density at radius 2 is 1.42 bits per heavy atom. The molecule has 0 bridgehead atoms. The van der Waals surface area contributed by atoms with Crippen molar-refractivity contribution in [2.75, 3.05) is 0 Å². The molecule has 0 heteroatoms. The summed E-state index contributed by atoms with van der Waals surface area (Å²) in [6, 6.07) is 21.8. The molecule has 0 nitrogen and oxygen atoms in total. The maximum Gasteiger partial charge on any atom is 0.0443 e. The molecular weight excluding hydrogens is 516 g/mol. The molecular formula is C43H50. The lowest BCUT2D eigenvalue weighted by molar-refractivity contribution is 0.491. The van der Waals surface area contributed by atoms with Gasteiger partial charge in [-0.25, -0.2) is 0 Å². The molecule has 0 aliphatic heterocycles. The minimum atomic E-state index is -0.151. The summed E-state index contributed by atoms with van der Waals surface area (Å²) >= 11 is 0. The van der Waals surface area contributed by atoms with E-state index in [1.807, 2.05) is 0 Å². The van der Waals surface area contributed by atoms with Gasteiger partial charge < -0.3 is 0 Å². The number of rotatable bonds is 6. The molecule has 0 fully saturated rings. The second kappa shape index (κ2) is 9.69. The van der Waals surface area contributed by atoms with E-state index in [2.05, 4.69) is 129 Å². The van der Waals surface area contributed by atoms with Gasteiger partial charge in [0.1, 0.15) is 0 Å². The summed E-state index contributed by atoms with van der Waals surface area (Å²) in [4.78, 5) is 0. The maximum atomic E-state index is 2.78. The Morgan fingerprint density at radius 1 is 0.721 bits per heavy atom. The summed E-state index contributed by atoms with van der Waals surface area (Å²) < 4.78 is 0. The third-order valence-electron chi connectivity index (χ3n) is 11.8. The highest BCUT2D eigenvalue weighted by molar-refractivity contribution is 6.13. The van der Waals surface area contributed by atoms with Crippen LogP contribution in [0.4, 0.5) is 0 Å². The molecule has 0 N–H and O–H groups in total. The Kier molecular flexibility index (Phi) is 6.45. The van der Waals surface area contributed by atoms with Gasteiger partial charge in [0.05, 0.1) is 0 Å².